The zero-order valence-electron chi connectivity index (χ0n) is 24.0. The summed E-state index contributed by atoms with van der Waals surface area (Å²) in [6, 6.07) is 16.0. The molecule has 5 aromatic rings. The molecule has 1 aliphatic carbocycles. The van der Waals surface area contributed by atoms with Gasteiger partial charge in [0.1, 0.15) is 16.6 Å². The number of hydrogen-bond donors (Lipinski definition) is 3. The fourth-order valence-corrected chi connectivity index (χ4v) is 4.82. The fourth-order valence-electron chi connectivity index (χ4n) is 4.82. The number of nitrogens with one attached hydrogen (secondary N) is 3. The quantitative estimate of drug-likeness (QED) is 0.130. The second kappa shape index (κ2) is 11.3. The van der Waals surface area contributed by atoms with Crippen molar-refractivity contribution in [3.63, 3.8) is 0 Å². The van der Waals surface area contributed by atoms with Crippen LogP contribution in [0.15, 0.2) is 72.9 Å². The van der Waals surface area contributed by atoms with Crippen LogP contribution in [0.1, 0.15) is 38.3 Å². The lowest BCUT2D eigenvalue weighted by atomic mass is 10.0. The Morgan fingerprint density at radius 3 is 2.27 bits per heavy atom. The van der Waals surface area contributed by atoms with Crippen molar-refractivity contribution in [2.24, 2.45) is 5.41 Å². The van der Waals surface area contributed by atoms with Crippen molar-refractivity contribution < 1.29 is 27.2 Å². The standard InChI is InChI=1S/C31H26F4N8O2/c1-17(2)43-25-14-18(6-11-24(25)41-42-43)26-23(32)16-36-29(40-26)39-21-9-7-20(8-10-21)37-27(44)30(12-13-30)28(45)38-22-5-3-4-19(15-22)31(33,34)35/h3-11,14-17H,12-13H2,1-2H3,(H,37,44)(H,38,45)(H,36,39,40). The maximum Gasteiger partial charge on any atom is 0.416 e. The molecule has 0 saturated heterocycles. The largest absolute Gasteiger partial charge is 0.416 e. The Balaban J connectivity index is 1.12. The van der Waals surface area contributed by atoms with Crippen molar-refractivity contribution >= 4 is 45.9 Å². The summed E-state index contributed by atoms with van der Waals surface area (Å²) in [6.07, 6.45) is -2.97. The summed E-state index contributed by atoms with van der Waals surface area (Å²) < 4.78 is 55.7. The van der Waals surface area contributed by atoms with E-state index >= 15 is 0 Å². The molecule has 2 aromatic heterocycles. The van der Waals surface area contributed by atoms with E-state index in [0.29, 0.717) is 22.5 Å². The Morgan fingerprint density at radius 2 is 1.60 bits per heavy atom. The zero-order valence-corrected chi connectivity index (χ0v) is 24.0. The van der Waals surface area contributed by atoms with Gasteiger partial charge in [-0.15, -0.1) is 5.10 Å². The first-order valence-electron chi connectivity index (χ1n) is 14.0. The molecule has 3 N–H and O–H groups in total. The van der Waals surface area contributed by atoms with Gasteiger partial charge < -0.3 is 16.0 Å². The van der Waals surface area contributed by atoms with Crippen LogP contribution in [0, 0.1) is 11.2 Å². The van der Waals surface area contributed by atoms with Crippen LogP contribution >= 0.6 is 0 Å². The Labute approximate surface area is 253 Å². The van der Waals surface area contributed by atoms with Crippen LogP contribution in [0.4, 0.5) is 40.6 Å². The van der Waals surface area contributed by atoms with E-state index in [1.807, 2.05) is 13.8 Å². The van der Waals surface area contributed by atoms with Gasteiger partial charge in [0.2, 0.25) is 17.8 Å². The van der Waals surface area contributed by atoms with E-state index in [1.165, 1.54) is 12.1 Å². The predicted molar refractivity (Wildman–Crippen MR) is 159 cm³/mol. The minimum absolute atomic E-state index is 0.0461. The SMILES string of the molecule is CC(C)n1nnc2ccc(-c3nc(Nc4ccc(NC(=O)C5(C(=O)Nc6cccc(C(F)(F)F)c6)CC5)cc4)ncc3F)cc21. The number of hydrogen-bond acceptors (Lipinski definition) is 7. The van der Waals surface area contributed by atoms with Gasteiger partial charge in [-0.1, -0.05) is 17.3 Å². The van der Waals surface area contributed by atoms with Crippen molar-refractivity contribution in [2.45, 2.75) is 38.9 Å². The molecule has 1 aliphatic rings. The molecule has 0 unspecified atom stereocenters. The van der Waals surface area contributed by atoms with Crippen LogP contribution in [-0.2, 0) is 15.8 Å². The smallest absolute Gasteiger partial charge is 0.325 e. The molecule has 1 fully saturated rings. The minimum Gasteiger partial charge on any atom is -0.325 e. The summed E-state index contributed by atoms with van der Waals surface area (Å²) in [7, 11) is 0. The van der Waals surface area contributed by atoms with Crippen molar-refractivity contribution in [1.82, 2.24) is 25.0 Å². The summed E-state index contributed by atoms with van der Waals surface area (Å²) in [6.45, 7) is 3.94. The van der Waals surface area contributed by atoms with Crippen molar-refractivity contribution in [3.8, 4) is 11.3 Å². The lowest BCUT2D eigenvalue weighted by Crippen LogP contribution is -2.35. The lowest BCUT2D eigenvalue weighted by Gasteiger charge is -2.16. The average Bonchev–Trinajstić information content (AvgIpc) is 3.72. The van der Waals surface area contributed by atoms with Gasteiger partial charge in [-0.2, -0.15) is 13.2 Å². The number of nitrogens with zero attached hydrogens (tertiary/aromatic N) is 5. The second-order valence-corrected chi connectivity index (χ2v) is 11.0. The molecule has 1 saturated carbocycles. The maximum absolute atomic E-state index is 14.8. The second-order valence-electron chi connectivity index (χ2n) is 11.0. The molecule has 0 radical (unpaired) electrons. The van der Waals surface area contributed by atoms with E-state index in [0.717, 1.165) is 23.8 Å². The number of benzene rings is 3. The van der Waals surface area contributed by atoms with Gasteiger partial charge in [-0.25, -0.2) is 19.0 Å². The summed E-state index contributed by atoms with van der Waals surface area (Å²) in [5.74, 6) is -1.70. The van der Waals surface area contributed by atoms with Gasteiger partial charge in [-0.05, 0) is 81.3 Å². The molecular weight excluding hydrogens is 592 g/mol. The highest BCUT2D eigenvalue weighted by atomic mass is 19.4. The van der Waals surface area contributed by atoms with E-state index < -0.39 is 34.8 Å². The van der Waals surface area contributed by atoms with E-state index in [4.69, 9.17) is 0 Å². The van der Waals surface area contributed by atoms with E-state index in [-0.39, 0.29) is 36.2 Å². The highest BCUT2D eigenvalue weighted by Crippen LogP contribution is 2.47. The number of fused-ring (bicyclic) bond motifs is 1. The van der Waals surface area contributed by atoms with Crippen LogP contribution in [0.2, 0.25) is 0 Å². The van der Waals surface area contributed by atoms with Crippen LogP contribution in [0.5, 0.6) is 0 Å². The molecule has 0 aliphatic heterocycles. The number of carbonyl (C=O) groups is 2. The molecule has 0 bridgehead atoms. The number of rotatable bonds is 8. The third kappa shape index (κ3) is 6.03. The number of aromatic nitrogens is 5. The third-order valence-electron chi connectivity index (χ3n) is 7.44. The molecule has 2 heterocycles. The molecule has 45 heavy (non-hydrogen) atoms. The van der Waals surface area contributed by atoms with E-state index in [2.05, 4.69) is 36.2 Å². The van der Waals surface area contributed by atoms with Gasteiger partial charge in [0.15, 0.2) is 5.82 Å². The molecule has 14 heteroatoms. The molecular formula is C31H26F4N8O2. The van der Waals surface area contributed by atoms with Gasteiger partial charge in [0.25, 0.3) is 0 Å². The third-order valence-corrected chi connectivity index (χ3v) is 7.44. The van der Waals surface area contributed by atoms with Crippen molar-refractivity contribution in [2.75, 3.05) is 16.0 Å². The van der Waals surface area contributed by atoms with Gasteiger partial charge in [0, 0.05) is 28.7 Å². The fraction of sp³-hybridized carbons (Fsp3) is 0.226. The maximum atomic E-state index is 14.8. The minimum atomic E-state index is -4.56. The summed E-state index contributed by atoms with van der Waals surface area (Å²) in [5.41, 5.74) is 0.654. The van der Waals surface area contributed by atoms with Crippen LogP contribution in [0.25, 0.3) is 22.3 Å². The zero-order chi connectivity index (χ0) is 31.9. The Morgan fingerprint density at radius 1 is 0.911 bits per heavy atom. The van der Waals surface area contributed by atoms with Gasteiger partial charge in [0.05, 0.1) is 17.3 Å². The molecule has 10 nitrogen and oxygen atoms in total. The van der Waals surface area contributed by atoms with E-state index in [9.17, 15) is 27.2 Å². The number of amides is 2. The first-order valence-corrected chi connectivity index (χ1v) is 14.0. The van der Waals surface area contributed by atoms with Crippen LogP contribution in [-0.4, -0.2) is 36.8 Å². The molecule has 230 valence electrons. The monoisotopic (exact) mass is 618 g/mol. The topological polar surface area (TPSA) is 127 Å². The predicted octanol–water partition coefficient (Wildman–Crippen LogP) is 6.73. The van der Waals surface area contributed by atoms with Gasteiger partial charge >= 0.3 is 6.18 Å². The Hall–Kier alpha value is -5.40. The average molecular weight is 619 g/mol. The Bertz CT molecular complexity index is 1920. The molecule has 6 rings (SSSR count). The number of carbonyl (C=O) groups excluding carboxylic acids is 2. The first-order chi connectivity index (χ1) is 21.4. The number of alkyl halides is 3. The number of anilines is 4. The molecule has 3 aromatic carbocycles. The number of halogens is 4. The normalized spacial score (nSPS) is 13.9. The summed E-state index contributed by atoms with van der Waals surface area (Å²) >= 11 is 0. The highest BCUT2D eigenvalue weighted by molar-refractivity contribution is 6.17. The molecule has 0 atom stereocenters. The van der Waals surface area contributed by atoms with Crippen molar-refractivity contribution in [1.29, 1.82) is 0 Å². The summed E-state index contributed by atoms with van der Waals surface area (Å²) in [4.78, 5) is 34.3. The highest BCUT2D eigenvalue weighted by Gasteiger charge is 2.56. The van der Waals surface area contributed by atoms with Crippen molar-refractivity contribution in [3.05, 3.63) is 84.3 Å². The lowest BCUT2D eigenvalue weighted by molar-refractivity contribution is -0.137. The molecule has 0 spiro atoms. The molecule has 2 amide bonds. The van der Waals surface area contributed by atoms with Crippen LogP contribution < -0.4 is 16.0 Å². The first kappa shape index (κ1) is 29.7. The van der Waals surface area contributed by atoms with E-state index in [1.54, 1.807) is 47.1 Å². The van der Waals surface area contributed by atoms with Crippen LogP contribution in [0.3, 0.4) is 0 Å². The van der Waals surface area contributed by atoms with Gasteiger partial charge in [-0.3, -0.25) is 9.59 Å². The Kier molecular flexibility index (Phi) is 7.43. The summed E-state index contributed by atoms with van der Waals surface area (Å²) in [5, 5.41) is 16.4.